The molecule has 21 heavy (non-hydrogen) atoms. The van der Waals surface area contributed by atoms with E-state index in [2.05, 4.69) is 5.32 Å². The summed E-state index contributed by atoms with van der Waals surface area (Å²) in [6.45, 7) is 7.91. The van der Waals surface area contributed by atoms with Crippen LogP contribution >= 0.6 is 0 Å². The molecule has 1 aromatic carbocycles. The molecule has 0 radical (unpaired) electrons. The Morgan fingerprint density at radius 2 is 1.90 bits per heavy atom. The van der Waals surface area contributed by atoms with Crippen LogP contribution in [0.3, 0.4) is 0 Å². The lowest BCUT2D eigenvalue weighted by Crippen LogP contribution is -2.31. The van der Waals surface area contributed by atoms with Crippen LogP contribution in [-0.2, 0) is 10.0 Å². The standard InChI is InChI=1S/C14H21FN2O3S/c1-8(2)9(3)7-17-14(18)12-5-11(15)6-13(10(12)4)21(16,19)20/h5-6,8-9H,7H2,1-4H3,(H,17,18)(H2,16,19,20). The summed E-state index contributed by atoms with van der Waals surface area (Å²) in [7, 11) is -4.08. The fraction of sp³-hybridized carbons (Fsp3) is 0.500. The summed E-state index contributed by atoms with van der Waals surface area (Å²) in [5.74, 6) is -0.685. The number of benzene rings is 1. The van der Waals surface area contributed by atoms with E-state index >= 15 is 0 Å². The Hall–Kier alpha value is -1.47. The van der Waals surface area contributed by atoms with Crippen molar-refractivity contribution in [3.63, 3.8) is 0 Å². The third kappa shape index (κ3) is 4.50. The number of amides is 1. The molecule has 0 saturated carbocycles. The Balaban J connectivity index is 3.08. The molecular formula is C14H21FN2O3S. The molecule has 1 amide bonds. The second-order valence-corrected chi connectivity index (χ2v) is 7.08. The van der Waals surface area contributed by atoms with Crippen LogP contribution in [0.1, 0.15) is 36.7 Å². The predicted molar refractivity (Wildman–Crippen MR) is 78.8 cm³/mol. The van der Waals surface area contributed by atoms with E-state index in [9.17, 15) is 17.6 Å². The molecule has 0 spiro atoms. The maximum atomic E-state index is 13.5. The van der Waals surface area contributed by atoms with Crippen LogP contribution in [0.4, 0.5) is 4.39 Å². The highest BCUT2D eigenvalue weighted by molar-refractivity contribution is 7.89. The molecule has 1 unspecified atom stereocenters. The molecule has 0 saturated heterocycles. The molecule has 1 atom stereocenters. The molecule has 7 heteroatoms. The highest BCUT2D eigenvalue weighted by Gasteiger charge is 2.20. The molecule has 0 bridgehead atoms. The van der Waals surface area contributed by atoms with E-state index in [1.54, 1.807) is 0 Å². The first-order valence-corrected chi connectivity index (χ1v) is 8.19. The van der Waals surface area contributed by atoms with Gasteiger partial charge in [0.25, 0.3) is 5.91 Å². The van der Waals surface area contributed by atoms with Crippen LogP contribution in [0.15, 0.2) is 17.0 Å². The van der Waals surface area contributed by atoms with E-state index in [4.69, 9.17) is 5.14 Å². The molecule has 0 aromatic heterocycles. The quantitative estimate of drug-likeness (QED) is 0.868. The van der Waals surface area contributed by atoms with Crippen molar-refractivity contribution in [1.29, 1.82) is 0 Å². The van der Waals surface area contributed by atoms with Crippen molar-refractivity contribution < 1.29 is 17.6 Å². The molecule has 1 rings (SSSR count). The molecule has 0 aliphatic carbocycles. The lowest BCUT2D eigenvalue weighted by Gasteiger charge is -2.17. The first kappa shape index (κ1) is 17.6. The summed E-state index contributed by atoms with van der Waals surface area (Å²) in [6.07, 6.45) is 0. The van der Waals surface area contributed by atoms with Gasteiger partial charge in [-0.05, 0) is 36.5 Å². The van der Waals surface area contributed by atoms with Crippen LogP contribution < -0.4 is 10.5 Å². The molecular weight excluding hydrogens is 295 g/mol. The van der Waals surface area contributed by atoms with Crippen LogP contribution in [0, 0.1) is 24.6 Å². The first-order chi connectivity index (χ1) is 9.54. The maximum Gasteiger partial charge on any atom is 0.251 e. The SMILES string of the molecule is Cc1c(C(=O)NCC(C)C(C)C)cc(F)cc1S(N)(=O)=O. The van der Waals surface area contributed by atoms with Gasteiger partial charge < -0.3 is 5.32 Å². The summed E-state index contributed by atoms with van der Waals surface area (Å²) < 4.78 is 36.4. The Labute approximate surface area is 124 Å². The molecule has 0 aliphatic rings. The van der Waals surface area contributed by atoms with Crippen molar-refractivity contribution in [2.75, 3.05) is 6.54 Å². The Bertz CT molecular complexity index is 642. The molecule has 0 fully saturated rings. The Kier molecular flexibility index (Phi) is 5.47. The molecule has 5 nitrogen and oxygen atoms in total. The summed E-state index contributed by atoms with van der Waals surface area (Å²) in [5.41, 5.74) is 0.128. The third-order valence-corrected chi connectivity index (χ3v) is 4.64. The lowest BCUT2D eigenvalue weighted by molar-refractivity contribution is 0.0943. The van der Waals surface area contributed by atoms with Crippen molar-refractivity contribution in [3.8, 4) is 0 Å². The number of rotatable bonds is 5. The van der Waals surface area contributed by atoms with Gasteiger partial charge in [-0.15, -0.1) is 0 Å². The zero-order valence-corrected chi connectivity index (χ0v) is 13.4. The van der Waals surface area contributed by atoms with E-state index in [0.29, 0.717) is 12.5 Å². The minimum Gasteiger partial charge on any atom is -0.352 e. The fourth-order valence-electron chi connectivity index (χ4n) is 1.77. The molecule has 1 aromatic rings. The summed E-state index contributed by atoms with van der Waals surface area (Å²) in [6, 6.07) is 1.83. The maximum absolute atomic E-state index is 13.5. The van der Waals surface area contributed by atoms with Crippen molar-refractivity contribution in [2.45, 2.75) is 32.6 Å². The zero-order chi connectivity index (χ0) is 16.4. The van der Waals surface area contributed by atoms with Crippen LogP contribution in [0.25, 0.3) is 0 Å². The smallest absolute Gasteiger partial charge is 0.251 e. The molecule has 0 aliphatic heterocycles. The summed E-state index contributed by atoms with van der Waals surface area (Å²) in [4.78, 5) is 11.7. The average molecular weight is 316 g/mol. The molecule has 0 heterocycles. The summed E-state index contributed by atoms with van der Waals surface area (Å²) in [5, 5.41) is 7.72. The number of carbonyl (C=O) groups is 1. The lowest BCUT2D eigenvalue weighted by atomic mass is 9.98. The van der Waals surface area contributed by atoms with Gasteiger partial charge >= 0.3 is 0 Å². The highest BCUT2D eigenvalue weighted by atomic mass is 32.2. The van der Waals surface area contributed by atoms with Crippen molar-refractivity contribution in [2.24, 2.45) is 17.0 Å². The zero-order valence-electron chi connectivity index (χ0n) is 12.6. The van der Waals surface area contributed by atoms with Gasteiger partial charge in [-0.3, -0.25) is 4.79 Å². The van der Waals surface area contributed by atoms with Gasteiger partial charge in [-0.2, -0.15) is 0 Å². The van der Waals surface area contributed by atoms with Crippen molar-refractivity contribution in [1.82, 2.24) is 5.32 Å². The number of nitrogens with two attached hydrogens (primary N) is 1. The van der Waals surface area contributed by atoms with Gasteiger partial charge in [-0.25, -0.2) is 17.9 Å². The van der Waals surface area contributed by atoms with E-state index < -0.39 is 21.7 Å². The predicted octanol–water partition coefficient (Wildman–Crippen LogP) is 1.80. The Morgan fingerprint density at radius 1 is 1.33 bits per heavy atom. The Morgan fingerprint density at radius 3 is 2.38 bits per heavy atom. The van der Waals surface area contributed by atoms with Gasteiger partial charge in [-0.1, -0.05) is 20.8 Å². The normalized spacial score (nSPS) is 13.3. The number of hydrogen-bond donors (Lipinski definition) is 2. The van der Waals surface area contributed by atoms with E-state index in [0.717, 1.165) is 12.1 Å². The number of nitrogens with one attached hydrogen (secondary N) is 1. The second kappa shape index (κ2) is 6.53. The van der Waals surface area contributed by atoms with Gasteiger partial charge in [0.2, 0.25) is 10.0 Å². The minimum atomic E-state index is -4.08. The highest BCUT2D eigenvalue weighted by Crippen LogP contribution is 2.20. The van der Waals surface area contributed by atoms with Gasteiger partial charge in [0.15, 0.2) is 0 Å². The van der Waals surface area contributed by atoms with Gasteiger partial charge in [0, 0.05) is 12.1 Å². The minimum absolute atomic E-state index is 0.0185. The average Bonchev–Trinajstić information content (AvgIpc) is 2.36. The topological polar surface area (TPSA) is 89.3 Å². The van der Waals surface area contributed by atoms with Crippen molar-refractivity contribution in [3.05, 3.63) is 29.1 Å². The molecule has 118 valence electrons. The third-order valence-electron chi connectivity index (χ3n) is 3.60. The van der Waals surface area contributed by atoms with E-state index in [-0.39, 0.29) is 21.9 Å². The van der Waals surface area contributed by atoms with Crippen LogP contribution in [-0.4, -0.2) is 20.9 Å². The fourth-order valence-corrected chi connectivity index (χ4v) is 2.58. The largest absolute Gasteiger partial charge is 0.352 e. The monoisotopic (exact) mass is 316 g/mol. The van der Waals surface area contributed by atoms with Gasteiger partial charge in [0.1, 0.15) is 5.82 Å². The number of sulfonamides is 1. The van der Waals surface area contributed by atoms with Crippen LogP contribution in [0.5, 0.6) is 0 Å². The second-order valence-electron chi connectivity index (χ2n) is 5.55. The number of halogens is 1. The number of primary sulfonamides is 1. The number of hydrogen-bond acceptors (Lipinski definition) is 3. The van der Waals surface area contributed by atoms with E-state index in [1.165, 1.54) is 6.92 Å². The molecule has 3 N–H and O–H groups in total. The van der Waals surface area contributed by atoms with Crippen molar-refractivity contribution >= 4 is 15.9 Å². The van der Waals surface area contributed by atoms with Crippen LogP contribution in [0.2, 0.25) is 0 Å². The first-order valence-electron chi connectivity index (χ1n) is 6.65. The summed E-state index contributed by atoms with van der Waals surface area (Å²) >= 11 is 0. The van der Waals surface area contributed by atoms with E-state index in [1.807, 2.05) is 20.8 Å². The van der Waals surface area contributed by atoms with Gasteiger partial charge in [0.05, 0.1) is 4.90 Å². The number of carbonyl (C=O) groups excluding carboxylic acids is 1.